The first-order valence-electron chi connectivity index (χ1n) is 5.36. The fraction of sp³-hybridized carbons (Fsp3) is 0.417. The van der Waals surface area contributed by atoms with Crippen LogP contribution in [0.15, 0.2) is 24.3 Å². The minimum Gasteiger partial charge on any atom is -0.348 e. The van der Waals surface area contributed by atoms with Gasteiger partial charge in [-0.15, -0.1) is 0 Å². The molecule has 0 saturated carbocycles. The van der Waals surface area contributed by atoms with Crippen molar-refractivity contribution >= 4 is 5.91 Å². The third-order valence-electron chi connectivity index (χ3n) is 2.48. The van der Waals surface area contributed by atoms with E-state index in [9.17, 15) is 9.18 Å². The van der Waals surface area contributed by atoms with Crippen LogP contribution in [0.25, 0.3) is 0 Å². The maximum atomic E-state index is 13.0. The number of amides is 1. The third kappa shape index (κ3) is 3.31. The molecule has 0 aliphatic heterocycles. The smallest absolute Gasteiger partial charge is 0.237 e. The summed E-state index contributed by atoms with van der Waals surface area (Å²) in [5.41, 5.74) is 6.32. The Bertz CT molecular complexity index is 368. The molecule has 0 spiro atoms. The Hall–Kier alpha value is -1.42. The molecule has 0 aromatic heterocycles. The Morgan fingerprint density at radius 2 is 2.25 bits per heavy atom. The van der Waals surface area contributed by atoms with Crippen LogP contribution in [0.5, 0.6) is 0 Å². The minimum atomic E-state index is -0.504. The summed E-state index contributed by atoms with van der Waals surface area (Å²) in [5, 5.41) is 2.74. The van der Waals surface area contributed by atoms with Gasteiger partial charge in [-0.1, -0.05) is 19.1 Å². The molecule has 3 N–H and O–H groups in total. The van der Waals surface area contributed by atoms with Crippen molar-refractivity contribution in [2.45, 2.75) is 32.4 Å². The molecule has 3 nitrogen and oxygen atoms in total. The zero-order valence-electron chi connectivity index (χ0n) is 9.53. The van der Waals surface area contributed by atoms with Crippen LogP contribution in [0.2, 0.25) is 0 Å². The van der Waals surface area contributed by atoms with Gasteiger partial charge in [0.15, 0.2) is 0 Å². The minimum absolute atomic E-state index is 0.209. The van der Waals surface area contributed by atoms with E-state index in [4.69, 9.17) is 5.73 Å². The van der Waals surface area contributed by atoms with Crippen LogP contribution in [-0.4, -0.2) is 11.9 Å². The normalized spacial score (nSPS) is 14.2. The lowest BCUT2D eigenvalue weighted by molar-refractivity contribution is -0.123. The van der Waals surface area contributed by atoms with Crippen molar-refractivity contribution < 1.29 is 9.18 Å². The zero-order valence-corrected chi connectivity index (χ0v) is 9.53. The van der Waals surface area contributed by atoms with Crippen molar-refractivity contribution in [2.24, 2.45) is 5.73 Å². The topological polar surface area (TPSA) is 55.1 Å². The van der Waals surface area contributed by atoms with Gasteiger partial charge in [0.1, 0.15) is 5.82 Å². The summed E-state index contributed by atoms with van der Waals surface area (Å²) < 4.78 is 13.0. The van der Waals surface area contributed by atoms with Gasteiger partial charge in [-0.3, -0.25) is 4.79 Å². The molecule has 1 aromatic carbocycles. The number of benzene rings is 1. The van der Waals surface area contributed by atoms with Gasteiger partial charge in [-0.25, -0.2) is 4.39 Å². The molecule has 4 heteroatoms. The van der Waals surface area contributed by atoms with E-state index < -0.39 is 6.04 Å². The van der Waals surface area contributed by atoms with E-state index in [2.05, 4.69) is 5.32 Å². The van der Waals surface area contributed by atoms with Gasteiger partial charge in [-0.05, 0) is 31.0 Å². The zero-order chi connectivity index (χ0) is 12.1. The molecular formula is C12H17FN2O. The highest BCUT2D eigenvalue weighted by molar-refractivity contribution is 5.81. The van der Waals surface area contributed by atoms with E-state index in [-0.39, 0.29) is 17.8 Å². The highest BCUT2D eigenvalue weighted by atomic mass is 19.1. The second kappa shape index (κ2) is 5.61. The molecule has 16 heavy (non-hydrogen) atoms. The van der Waals surface area contributed by atoms with Crippen molar-refractivity contribution in [1.29, 1.82) is 0 Å². The van der Waals surface area contributed by atoms with Crippen LogP contribution in [0.4, 0.5) is 4.39 Å². The number of carbonyl (C=O) groups excluding carboxylic acids is 1. The molecule has 2 atom stereocenters. The lowest BCUT2D eigenvalue weighted by Crippen LogP contribution is -2.41. The summed E-state index contributed by atoms with van der Waals surface area (Å²) in [6, 6.07) is 5.42. The summed E-state index contributed by atoms with van der Waals surface area (Å²) >= 11 is 0. The van der Waals surface area contributed by atoms with E-state index in [0.29, 0.717) is 6.42 Å². The Labute approximate surface area is 94.8 Å². The first-order chi connectivity index (χ1) is 7.54. The third-order valence-corrected chi connectivity index (χ3v) is 2.48. The van der Waals surface area contributed by atoms with Gasteiger partial charge in [0.05, 0.1) is 12.1 Å². The summed E-state index contributed by atoms with van der Waals surface area (Å²) in [5.74, 6) is -0.516. The Balaban J connectivity index is 2.65. The number of carbonyl (C=O) groups is 1. The Morgan fingerprint density at radius 1 is 1.56 bits per heavy atom. The van der Waals surface area contributed by atoms with Gasteiger partial charge in [-0.2, -0.15) is 0 Å². The second-order valence-electron chi connectivity index (χ2n) is 3.80. The number of nitrogens with two attached hydrogens (primary N) is 1. The summed E-state index contributed by atoms with van der Waals surface area (Å²) in [6.07, 6.45) is 0.585. The van der Waals surface area contributed by atoms with E-state index in [1.165, 1.54) is 12.1 Å². The molecule has 0 aliphatic rings. The van der Waals surface area contributed by atoms with E-state index in [0.717, 1.165) is 5.56 Å². The quantitative estimate of drug-likeness (QED) is 0.818. The van der Waals surface area contributed by atoms with Gasteiger partial charge in [0, 0.05) is 0 Å². The number of rotatable bonds is 4. The lowest BCUT2D eigenvalue weighted by Gasteiger charge is -2.17. The van der Waals surface area contributed by atoms with Gasteiger partial charge >= 0.3 is 0 Å². The molecule has 1 aromatic rings. The monoisotopic (exact) mass is 224 g/mol. The molecule has 0 bridgehead atoms. The molecule has 0 radical (unpaired) electrons. The van der Waals surface area contributed by atoms with Crippen molar-refractivity contribution in [3.8, 4) is 0 Å². The van der Waals surface area contributed by atoms with Gasteiger partial charge < -0.3 is 11.1 Å². The number of nitrogens with one attached hydrogen (secondary N) is 1. The SMILES string of the molecule is CCC(N)C(=O)N[C@H](C)c1cccc(F)c1. The highest BCUT2D eigenvalue weighted by Crippen LogP contribution is 2.13. The fourth-order valence-electron chi connectivity index (χ4n) is 1.37. The van der Waals surface area contributed by atoms with Gasteiger partial charge in [0.2, 0.25) is 5.91 Å². The molecule has 0 saturated heterocycles. The largest absolute Gasteiger partial charge is 0.348 e. The summed E-state index contributed by atoms with van der Waals surface area (Å²) in [4.78, 5) is 11.5. The fourth-order valence-corrected chi connectivity index (χ4v) is 1.37. The Morgan fingerprint density at radius 3 is 2.81 bits per heavy atom. The maximum Gasteiger partial charge on any atom is 0.237 e. The van der Waals surface area contributed by atoms with Crippen molar-refractivity contribution in [3.05, 3.63) is 35.6 Å². The van der Waals surface area contributed by atoms with Crippen molar-refractivity contribution in [3.63, 3.8) is 0 Å². The number of hydrogen-bond donors (Lipinski definition) is 2. The van der Waals surface area contributed by atoms with Crippen molar-refractivity contribution in [1.82, 2.24) is 5.32 Å². The molecular weight excluding hydrogens is 207 g/mol. The van der Waals surface area contributed by atoms with Crippen LogP contribution < -0.4 is 11.1 Å². The van der Waals surface area contributed by atoms with Crippen LogP contribution in [0, 0.1) is 5.82 Å². The molecule has 1 amide bonds. The standard InChI is InChI=1S/C12H17FN2O/c1-3-11(14)12(16)15-8(2)9-5-4-6-10(13)7-9/h4-8,11H,3,14H2,1-2H3,(H,15,16)/t8-,11?/m1/s1. The first kappa shape index (κ1) is 12.6. The molecule has 1 unspecified atom stereocenters. The lowest BCUT2D eigenvalue weighted by atomic mass is 10.1. The average Bonchev–Trinajstić information content (AvgIpc) is 2.27. The highest BCUT2D eigenvalue weighted by Gasteiger charge is 2.14. The molecule has 1 rings (SSSR count). The van der Waals surface area contributed by atoms with Crippen molar-refractivity contribution in [2.75, 3.05) is 0 Å². The first-order valence-corrected chi connectivity index (χ1v) is 5.36. The maximum absolute atomic E-state index is 13.0. The Kier molecular flexibility index (Phi) is 4.43. The van der Waals surface area contributed by atoms with E-state index >= 15 is 0 Å². The second-order valence-corrected chi connectivity index (χ2v) is 3.80. The number of halogens is 1. The summed E-state index contributed by atoms with van der Waals surface area (Å²) in [7, 11) is 0. The van der Waals surface area contributed by atoms with Crippen LogP contribution in [0.1, 0.15) is 31.9 Å². The van der Waals surface area contributed by atoms with Crippen LogP contribution >= 0.6 is 0 Å². The predicted octanol–water partition coefficient (Wildman–Crippen LogP) is 1.74. The van der Waals surface area contributed by atoms with Crippen LogP contribution in [-0.2, 0) is 4.79 Å². The molecule has 88 valence electrons. The van der Waals surface area contributed by atoms with Crippen LogP contribution in [0.3, 0.4) is 0 Å². The molecule has 0 heterocycles. The molecule has 0 fully saturated rings. The van der Waals surface area contributed by atoms with E-state index in [1.54, 1.807) is 19.1 Å². The predicted molar refractivity (Wildman–Crippen MR) is 61.2 cm³/mol. The number of hydrogen-bond acceptors (Lipinski definition) is 2. The van der Waals surface area contributed by atoms with E-state index in [1.807, 2.05) is 6.92 Å². The van der Waals surface area contributed by atoms with Gasteiger partial charge in [0.25, 0.3) is 0 Å². The molecule has 0 aliphatic carbocycles. The summed E-state index contributed by atoms with van der Waals surface area (Å²) in [6.45, 7) is 3.64. The average molecular weight is 224 g/mol.